The van der Waals surface area contributed by atoms with Crippen LogP contribution in [0.1, 0.15) is 34.1 Å². The number of ether oxygens (including phenoxy) is 2. The van der Waals surface area contributed by atoms with Crippen molar-refractivity contribution in [2.24, 2.45) is 0 Å². The van der Waals surface area contributed by atoms with Gasteiger partial charge < -0.3 is 14.4 Å². The minimum absolute atomic E-state index is 0.00421. The highest BCUT2D eigenvalue weighted by molar-refractivity contribution is 5.76. The highest BCUT2D eigenvalue weighted by atomic mass is 16.7. The average Bonchev–Trinajstić information content (AvgIpc) is 2.54. The summed E-state index contributed by atoms with van der Waals surface area (Å²) in [4.78, 5) is 16.4. The fraction of sp³-hybridized carbons (Fsp3) is 0.929. The molecular weight excluding hydrogens is 244 g/mol. The van der Waals surface area contributed by atoms with E-state index in [9.17, 15) is 4.79 Å². The lowest BCUT2D eigenvalue weighted by Crippen LogP contribution is -2.40. The molecule has 2 saturated heterocycles. The molecule has 110 valence electrons. The molecule has 0 spiro atoms. The van der Waals surface area contributed by atoms with Gasteiger partial charge in [-0.05, 0) is 27.7 Å². The van der Waals surface area contributed by atoms with Crippen molar-refractivity contribution in [2.45, 2.75) is 52.0 Å². The van der Waals surface area contributed by atoms with Gasteiger partial charge in [-0.1, -0.05) is 0 Å². The smallest absolute Gasteiger partial charge is 0.223 e. The standard InChI is InChI=1S/C14H26N2O3/c1-11(2)15-6-5-13(17)16(8-7-15)9-12-10-18-14(3,4)19-12/h11-12H,5-10H2,1-4H3. The Morgan fingerprint density at radius 3 is 2.63 bits per heavy atom. The second-order valence-corrected chi connectivity index (χ2v) is 6.17. The SMILES string of the molecule is CC(C)N1CCC(=O)N(CC2COC(C)(C)O2)CC1. The topological polar surface area (TPSA) is 42.0 Å². The minimum atomic E-state index is -0.510. The van der Waals surface area contributed by atoms with Crippen LogP contribution in [-0.4, -0.2) is 66.4 Å². The number of amides is 1. The van der Waals surface area contributed by atoms with Crippen LogP contribution in [-0.2, 0) is 14.3 Å². The summed E-state index contributed by atoms with van der Waals surface area (Å²) in [5.41, 5.74) is 0. The summed E-state index contributed by atoms with van der Waals surface area (Å²) in [7, 11) is 0. The zero-order valence-corrected chi connectivity index (χ0v) is 12.5. The Bertz CT molecular complexity index is 331. The van der Waals surface area contributed by atoms with Gasteiger partial charge in [0.25, 0.3) is 0 Å². The van der Waals surface area contributed by atoms with Gasteiger partial charge in [-0.2, -0.15) is 0 Å². The Balaban J connectivity index is 1.88. The fourth-order valence-electron chi connectivity index (χ4n) is 2.69. The van der Waals surface area contributed by atoms with Crippen molar-refractivity contribution in [3.63, 3.8) is 0 Å². The lowest BCUT2D eigenvalue weighted by Gasteiger charge is -2.26. The van der Waals surface area contributed by atoms with Crippen LogP contribution in [0, 0.1) is 0 Å². The molecule has 19 heavy (non-hydrogen) atoms. The van der Waals surface area contributed by atoms with Crippen LogP contribution in [0.25, 0.3) is 0 Å². The Morgan fingerprint density at radius 1 is 1.32 bits per heavy atom. The van der Waals surface area contributed by atoms with Crippen LogP contribution in [0.4, 0.5) is 0 Å². The quantitative estimate of drug-likeness (QED) is 0.769. The molecule has 2 heterocycles. The highest BCUT2D eigenvalue weighted by Crippen LogP contribution is 2.23. The van der Waals surface area contributed by atoms with Gasteiger partial charge in [0.1, 0.15) is 6.10 Å². The van der Waals surface area contributed by atoms with Gasteiger partial charge in [-0.15, -0.1) is 0 Å². The molecule has 0 aromatic rings. The molecule has 0 bridgehead atoms. The monoisotopic (exact) mass is 270 g/mol. The van der Waals surface area contributed by atoms with Crippen LogP contribution in [0.5, 0.6) is 0 Å². The summed E-state index contributed by atoms with van der Waals surface area (Å²) < 4.78 is 11.3. The van der Waals surface area contributed by atoms with Crippen molar-refractivity contribution in [1.82, 2.24) is 9.80 Å². The summed E-state index contributed by atoms with van der Waals surface area (Å²) >= 11 is 0. The van der Waals surface area contributed by atoms with E-state index in [-0.39, 0.29) is 12.0 Å². The van der Waals surface area contributed by atoms with E-state index < -0.39 is 5.79 Å². The third kappa shape index (κ3) is 3.91. The average molecular weight is 270 g/mol. The van der Waals surface area contributed by atoms with Crippen LogP contribution >= 0.6 is 0 Å². The molecular formula is C14H26N2O3. The summed E-state index contributed by atoms with van der Waals surface area (Å²) in [5, 5.41) is 0. The molecule has 0 saturated carbocycles. The summed E-state index contributed by atoms with van der Waals surface area (Å²) in [5.74, 6) is -0.278. The summed E-state index contributed by atoms with van der Waals surface area (Å²) in [6.45, 7) is 12.0. The zero-order chi connectivity index (χ0) is 14.0. The van der Waals surface area contributed by atoms with E-state index in [1.807, 2.05) is 18.7 Å². The second kappa shape index (κ2) is 5.77. The largest absolute Gasteiger partial charge is 0.348 e. The Labute approximate surface area is 115 Å². The first-order chi connectivity index (χ1) is 8.87. The van der Waals surface area contributed by atoms with Crippen molar-refractivity contribution < 1.29 is 14.3 Å². The van der Waals surface area contributed by atoms with Gasteiger partial charge in [-0.25, -0.2) is 0 Å². The lowest BCUT2D eigenvalue weighted by atomic mass is 10.3. The zero-order valence-electron chi connectivity index (χ0n) is 12.5. The molecule has 5 nitrogen and oxygen atoms in total. The number of carbonyl (C=O) groups is 1. The first-order valence-corrected chi connectivity index (χ1v) is 7.21. The molecule has 0 N–H and O–H groups in total. The fourth-order valence-corrected chi connectivity index (χ4v) is 2.69. The first kappa shape index (κ1) is 14.8. The maximum absolute atomic E-state index is 12.1. The molecule has 2 aliphatic rings. The Hall–Kier alpha value is -0.650. The van der Waals surface area contributed by atoms with Crippen LogP contribution in [0.2, 0.25) is 0 Å². The molecule has 0 radical (unpaired) electrons. The van der Waals surface area contributed by atoms with Gasteiger partial charge >= 0.3 is 0 Å². The molecule has 1 atom stereocenters. The van der Waals surface area contributed by atoms with E-state index in [1.54, 1.807) is 0 Å². The van der Waals surface area contributed by atoms with Crippen molar-refractivity contribution >= 4 is 5.91 Å². The van der Waals surface area contributed by atoms with Gasteiger partial charge in [0.05, 0.1) is 6.61 Å². The number of hydrogen-bond acceptors (Lipinski definition) is 4. The van der Waals surface area contributed by atoms with Crippen LogP contribution in [0.15, 0.2) is 0 Å². The number of hydrogen-bond donors (Lipinski definition) is 0. The van der Waals surface area contributed by atoms with Crippen molar-refractivity contribution in [2.75, 3.05) is 32.8 Å². The summed E-state index contributed by atoms with van der Waals surface area (Å²) in [6, 6.07) is 0.498. The van der Waals surface area contributed by atoms with Crippen molar-refractivity contribution in [1.29, 1.82) is 0 Å². The van der Waals surface area contributed by atoms with E-state index in [4.69, 9.17) is 9.47 Å². The van der Waals surface area contributed by atoms with E-state index >= 15 is 0 Å². The molecule has 5 heteroatoms. The lowest BCUT2D eigenvalue weighted by molar-refractivity contribution is -0.145. The normalized spacial score (nSPS) is 29.0. The number of rotatable bonds is 3. The van der Waals surface area contributed by atoms with Gasteiger partial charge in [0, 0.05) is 38.6 Å². The van der Waals surface area contributed by atoms with E-state index in [0.717, 1.165) is 19.6 Å². The minimum Gasteiger partial charge on any atom is -0.348 e. The third-order valence-electron chi connectivity index (χ3n) is 3.84. The molecule has 0 aromatic carbocycles. The van der Waals surface area contributed by atoms with E-state index in [0.29, 0.717) is 25.6 Å². The Morgan fingerprint density at radius 2 is 2.05 bits per heavy atom. The maximum Gasteiger partial charge on any atom is 0.223 e. The second-order valence-electron chi connectivity index (χ2n) is 6.17. The van der Waals surface area contributed by atoms with Gasteiger partial charge in [0.15, 0.2) is 5.79 Å². The highest BCUT2D eigenvalue weighted by Gasteiger charge is 2.35. The van der Waals surface area contributed by atoms with E-state index in [1.165, 1.54) is 0 Å². The first-order valence-electron chi connectivity index (χ1n) is 7.21. The molecule has 0 aliphatic carbocycles. The number of carbonyl (C=O) groups excluding carboxylic acids is 1. The van der Waals surface area contributed by atoms with Gasteiger partial charge in [0.2, 0.25) is 5.91 Å². The van der Waals surface area contributed by atoms with Crippen molar-refractivity contribution in [3.05, 3.63) is 0 Å². The van der Waals surface area contributed by atoms with E-state index in [2.05, 4.69) is 18.7 Å². The molecule has 1 unspecified atom stereocenters. The molecule has 2 rings (SSSR count). The summed E-state index contributed by atoms with van der Waals surface area (Å²) in [6.07, 6.45) is 0.611. The number of nitrogens with zero attached hydrogens (tertiary/aromatic N) is 2. The van der Waals surface area contributed by atoms with Crippen molar-refractivity contribution in [3.8, 4) is 0 Å². The van der Waals surface area contributed by atoms with Crippen LogP contribution < -0.4 is 0 Å². The predicted molar refractivity (Wildman–Crippen MR) is 72.8 cm³/mol. The molecule has 1 amide bonds. The molecule has 2 fully saturated rings. The molecule has 2 aliphatic heterocycles. The Kier molecular flexibility index (Phi) is 4.48. The van der Waals surface area contributed by atoms with Gasteiger partial charge in [-0.3, -0.25) is 9.69 Å². The predicted octanol–water partition coefficient (Wildman–Crippen LogP) is 1.08. The maximum atomic E-state index is 12.1. The van der Waals surface area contributed by atoms with Crippen LogP contribution in [0.3, 0.4) is 0 Å². The third-order valence-corrected chi connectivity index (χ3v) is 3.84. The molecule has 0 aromatic heterocycles.